The first-order valence-corrected chi connectivity index (χ1v) is 7.17. The molecule has 0 bridgehead atoms. The first-order chi connectivity index (χ1) is 8.79. The summed E-state index contributed by atoms with van der Waals surface area (Å²) in [5.41, 5.74) is 6.96. The monoisotopic (exact) mass is 261 g/mol. The number of aryl methyl sites for hydroxylation is 1. The fourth-order valence-electron chi connectivity index (χ4n) is 3.39. The summed E-state index contributed by atoms with van der Waals surface area (Å²) in [6.07, 6.45) is 7.30. The van der Waals surface area contributed by atoms with Crippen molar-refractivity contribution in [3.05, 3.63) is 33.9 Å². The van der Waals surface area contributed by atoms with Gasteiger partial charge in [-0.1, -0.05) is 6.07 Å². The van der Waals surface area contributed by atoms with Crippen molar-refractivity contribution in [3.8, 4) is 0 Å². The van der Waals surface area contributed by atoms with Gasteiger partial charge in [0, 0.05) is 0 Å². The van der Waals surface area contributed by atoms with Crippen molar-refractivity contribution in [2.75, 3.05) is 0 Å². The maximum atomic E-state index is 11.5. The summed E-state index contributed by atoms with van der Waals surface area (Å²) in [6, 6.07) is 2.19. The van der Waals surface area contributed by atoms with E-state index in [1.54, 1.807) is 5.56 Å². The molecule has 1 aromatic carbocycles. The van der Waals surface area contributed by atoms with Gasteiger partial charge in [0.1, 0.15) is 0 Å². The van der Waals surface area contributed by atoms with Crippen molar-refractivity contribution in [1.82, 2.24) is 0 Å². The van der Waals surface area contributed by atoms with Gasteiger partial charge in [-0.2, -0.15) is 4.21 Å². The third kappa shape index (κ3) is 1.94. The first kappa shape index (κ1) is 11.8. The summed E-state index contributed by atoms with van der Waals surface area (Å²) in [6.45, 7) is 0. The van der Waals surface area contributed by atoms with Gasteiger partial charge in [-0.05, 0) is 66.3 Å². The van der Waals surface area contributed by atoms with E-state index in [0.717, 1.165) is 24.8 Å². The highest BCUT2D eigenvalue weighted by molar-refractivity contribution is 7.55. The molecule has 0 heterocycles. The van der Waals surface area contributed by atoms with Crippen LogP contribution in [0.15, 0.2) is 10.4 Å². The minimum absolute atomic E-state index is 0.0132. The topological polar surface area (TPSA) is 46.5 Å². The van der Waals surface area contributed by atoms with Crippen molar-refractivity contribution in [1.29, 1.82) is 0 Å². The fraction of sp³-hybridized carbons (Fsp3) is 0.500. The highest BCUT2D eigenvalue weighted by atomic mass is 32.1. The third-order valence-corrected chi connectivity index (χ3v) is 4.34. The molecule has 0 aromatic heterocycles. The lowest BCUT2D eigenvalue weighted by Gasteiger charge is -2.12. The molecule has 3 nitrogen and oxygen atoms in total. The number of hydrogen-bond acceptors (Lipinski definition) is 2. The van der Waals surface area contributed by atoms with Crippen molar-refractivity contribution in [2.45, 2.75) is 44.9 Å². The Morgan fingerprint density at radius 1 is 1.11 bits per heavy atom. The van der Waals surface area contributed by atoms with E-state index in [0.29, 0.717) is 6.42 Å². The minimum atomic E-state index is -0.304. The molecule has 2 aliphatic carbocycles. The van der Waals surface area contributed by atoms with E-state index in [4.69, 9.17) is 0 Å². The minimum Gasteiger partial charge on any atom is -0.271 e. The molecule has 1 amide bonds. The molecule has 0 fully saturated rings. The second kappa shape index (κ2) is 4.76. The molecule has 4 heteroatoms. The van der Waals surface area contributed by atoms with Gasteiger partial charge in [-0.15, -0.1) is 4.36 Å². The smallest absolute Gasteiger partial charge is 0.263 e. The number of fused-ring (bicyclic) bond motifs is 3. The van der Waals surface area contributed by atoms with E-state index in [-0.39, 0.29) is 17.4 Å². The summed E-state index contributed by atoms with van der Waals surface area (Å²) >= 11 is 0.0132. The predicted molar refractivity (Wildman–Crippen MR) is 69.8 cm³/mol. The predicted octanol–water partition coefficient (Wildman–Crippen LogP) is 2.13. The van der Waals surface area contributed by atoms with Crippen LogP contribution in [0.1, 0.15) is 40.7 Å². The quantitative estimate of drug-likeness (QED) is 0.818. The first-order valence-electron chi connectivity index (χ1n) is 6.48. The number of nitrogens with zero attached hydrogens (tertiary/aromatic N) is 1. The molecular weight excluding hydrogens is 246 g/mol. The summed E-state index contributed by atoms with van der Waals surface area (Å²) in [5, 5.41) is 0. The lowest BCUT2D eigenvalue weighted by molar-refractivity contribution is -0.116. The van der Waals surface area contributed by atoms with Crippen LogP contribution in [-0.2, 0) is 48.4 Å². The summed E-state index contributed by atoms with van der Waals surface area (Å²) < 4.78 is 13.6. The van der Waals surface area contributed by atoms with E-state index in [9.17, 15) is 9.00 Å². The van der Waals surface area contributed by atoms with E-state index in [1.807, 2.05) is 0 Å². The Hall–Kier alpha value is -1.29. The van der Waals surface area contributed by atoms with Crippen LogP contribution in [0.2, 0.25) is 0 Å². The molecule has 0 aliphatic heterocycles. The molecule has 0 saturated carbocycles. The number of hydrogen-bond donors (Lipinski definition) is 0. The van der Waals surface area contributed by atoms with Crippen LogP contribution in [0, 0.1) is 0 Å². The number of carbonyl (C=O) groups is 1. The van der Waals surface area contributed by atoms with Crippen LogP contribution < -0.4 is 0 Å². The lowest BCUT2D eigenvalue weighted by Crippen LogP contribution is -2.04. The number of amides is 1. The molecule has 3 rings (SSSR count). The van der Waals surface area contributed by atoms with Crippen molar-refractivity contribution >= 4 is 17.4 Å². The van der Waals surface area contributed by atoms with Gasteiger partial charge in [-0.3, -0.25) is 4.79 Å². The summed E-state index contributed by atoms with van der Waals surface area (Å²) in [7, 11) is 0. The maximum Gasteiger partial charge on any atom is 0.263 e. The molecular formula is C14H15NO2S. The summed E-state index contributed by atoms with van der Waals surface area (Å²) in [5.74, 6) is -0.304. The van der Waals surface area contributed by atoms with Crippen molar-refractivity contribution in [2.24, 2.45) is 4.36 Å². The molecule has 0 radical (unpaired) electrons. The van der Waals surface area contributed by atoms with Crippen LogP contribution in [0.3, 0.4) is 0 Å². The number of benzene rings is 1. The van der Waals surface area contributed by atoms with Gasteiger partial charge < -0.3 is 0 Å². The second-order valence-corrected chi connectivity index (χ2v) is 5.41. The highest BCUT2D eigenvalue weighted by Gasteiger charge is 2.24. The van der Waals surface area contributed by atoms with Crippen LogP contribution in [0.5, 0.6) is 0 Å². The zero-order valence-electron chi connectivity index (χ0n) is 10.2. The largest absolute Gasteiger partial charge is 0.271 e. The SMILES string of the molecule is O=S=NC(=O)Cc1cc2c(c3c1CCC3)CCC2. The van der Waals surface area contributed by atoms with Crippen molar-refractivity contribution < 1.29 is 9.00 Å². The Morgan fingerprint density at radius 3 is 2.67 bits per heavy atom. The Morgan fingerprint density at radius 2 is 1.83 bits per heavy atom. The standard InChI is InChI=1S/C14H15NO2S/c16-14(15-18-17)8-10-7-9-3-1-4-11(9)13-6-2-5-12(10)13/h7H,1-6,8H2. The lowest BCUT2D eigenvalue weighted by atomic mass is 9.93. The molecule has 0 spiro atoms. The van der Waals surface area contributed by atoms with Gasteiger partial charge in [0.15, 0.2) is 0 Å². The molecule has 94 valence electrons. The Bertz CT molecular complexity index is 574. The molecule has 0 atom stereocenters. The van der Waals surface area contributed by atoms with Crippen LogP contribution >= 0.6 is 0 Å². The Balaban J connectivity index is 2.03. The third-order valence-electron chi connectivity index (χ3n) is 4.06. The molecule has 1 aromatic rings. The van der Waals surface area contributed by atoms with Crippen molar-refractivity contribution in [3.63, 3.8) is 0 Å². The van der Waals surface area contributed by atoms with E-state index in [2.05, 4.69) is 10.4 Å². The average Bonchev–Trinajstić information content (AvgIpc) is 2.95. The fourth-order valence-corrected chi connectivity index (χ4v) is 3.54. The number of carbonyl (C=O) groups excluding carboxylic acids is 1. The second-order valence-electron chi connectivity index (χ2n) is 5.07. The maximum absolute atomic E-state index is 11.5. The number of rotatable bonds is 2. The molecule has 0 N–H and O–H groups in total. The van der Waals surface area contributed by atoms with Crippen LogP contribution in [0.25, 0.3) is 0 Å². The van der Waals surface area contributed by atoms with Gasteiger partial charge in [0.2, 0.25) is 11.5 Å². The zero-order valence-corrected chi connectivity index (χ0v) is 11.0. The Kier molecular flexibility index (Phi) is 3.12. The average molecular weight is 261 g/mol. The van der Waals surface area contributed by atoms with Gasteiger partial charge in [0.05, 0.1) is 6.42 Å². The van der Waals surface area contributed by atoms with E-state index < -0.39 is 0 Å². The Labute approximate surface area is 110 Å². The normalized spacial score (nSPS) is 16.2. The zero-order chi connectivity index (χ0) is 12.5. The molecule has 0 saturated heterocycles. The van der Waals surface area contributed by atoms with Crippen LogP contribution in [-0.4, -0.2) is 10.1 Å². The molecule has 2 aliphatic rings. The van der Waals surface area contributed by atoms with Gasteiger partial charge in [-0.25, -0.2) is 0 Å². The van der Waals surface area contributed by atoms with E-state index >= 15 is 0 Å². The van der Waals surface area contributed by atoms with Crippen LogP contribution in [0.4, 0.5) is 0 Å². The molecule has 0 unspecified atom stereocenters. The van der Waals surface area contributed by atoms with Gasteiger partial charge >= 0.3 is 0 Å². The molecule has 18 heavy (non-hydrogen) atoms. The summed E-state index contributed by atoms with van der Waals surface area (Å²) in [4.78, 5) is 11.5. The highest BCUT2D eigenvalue weighted by Crippen LogP contribution is 2.36. The van der Waals surface area contributed by atoms with Gasteiger partial charge in [0.25, 0.3) is 5.91 Å². The van der Waals surface area contributed by atoms with E-state index in [1.165, 1.54) is 36.0 Å².